The van der Waals surface area contributed by atoms with Gasteiger partial charge in [0.2, 0.25) is 0 Å². The molecule has 1 N–H and O–H groups in total. The molecule has 0 saturated carbocycles. The third-order valence-corrected chi connectivity index (χ3v) is 4.50. The van der Waals surface area contributed by atoms with E-state index in [9.17, 15) is 19.3 Å². The summed E-state index contributed by atoms with van der Waals surface area (Å²) >= 11 is 7.37. The highest BCUT2D eigenvalue weighted by molar-refractivity contribution is 7.98. The number of carbonyl (C=O) groups is 1. The molecule has 2 aromatic rings. The van der Waals surface area contributed by atoms with Gasteiger partial charge in [0, 0.05) is 46.3 Å². The molecule has 0 aromatic heterocycles. The number of non-ortho nitro benzene ring substituents is 1. The Balaban J connectivity index is 1.79. The summed E-state index contributed by atoms with van der Waals surface area (Å²) in [6.45, 7) is 0.359. The van der Waals surface area contributed by atoms with Crippen LogP contribution in [0.3, 0.4) is 0 Å². The van der Waals surface area contributed by atoms with Crippen LogP contribution in [0.5, 0.6) is 0 Å². The summed E-state index contributed by atoms with van der Waals surface area (Å²) in [5.41, 5.74) is 0.534. The minimum absolute atomic E-state index is 0.133. The number of benzene rings is 2. The van der Waals surface area contributed by atoms with E-state index in [1.807, 2.05) is 0 Å². The van der Waals surface area contributed by atoms with Crippen molar-refractivity contribution in [2.24, 2.45) is 0 Å². The third kappa shape index (κ3) is 4.94. The maximum Gasteiger partial charge on any atom is 0.270 e. The molecule has 0 heterocycles. The van der Waals surface area contributed by atoms with Crippen LogP contribution in [0.25, 0.3) is 0 Å². The van der Waals surface area contributed by atoms with Gasteiger partial charge in [-0.15, -0.1) is 0 Å². The Kier molecular flexibility index (Phi) is 6.57. The maximum atomic E-state index is 13.6. The molecule has 0 unspecified atom stereocenters. The van der Waals surface area contributed by atoms with E-state index in [1.165, 1.54) is 42.1 Å². The summed E-state index contributed by atoms with van der Waals surface area (Å²) in [5.74, 6) is 0.225. The van der Waals surface area contributed by atoms with Gasteiger partial charge in [-0.1, -0.05) is 23.7 Å². The largest absolute Gasteiger partial charge is 0.351 e. The molecular formula is C16H14ClFN2O3S. The first-order chi connectivity index (χ1) is 11.5. The number of nitrogens with one attached hydrogen (secondary N) is 1. The molecule has 0 bridgehead atoms. The molecule has 0 fully saturated rings. The summed E-state index contributed by atoms with van der Waals surface area (Å²) in [6.07, 6.45) is 0. The summed E-state index contributed by atoms with van der Waals surface area (Å²) in [5, 5.41) is 13.7. The van der Waals surface area contributed by atoms with Crippen molar-refractivity contribution in [3.05, 3.63) is 74.5 Å². The molecule has 126 valence electrons. The van der Waals surface area contributed by atoms with Crippen molar-refractivity contribution in [1.29, 1.82) is 0 Å². The van der Waals surface area contributed by atoms with Gasteiger partial charge in [0.15, 0.2) is 0 Å². The number of rotatable bonds is 7. The van der Waals surface area contributed by atoms with Crippen molar-refractivity contribution in [2.75, 3.05) is 12.3 Å². The predicted molar refractivity (Wildman–Crippen MR) is 93.0 cm³/mol. The number of carbonyl (C=O) groups excluding carboxylic acids is 1. The summed E-state index contributed by atoms with van der Waals surface area (Å²) in [7, 11) is 0. The lowest BCUT2D eigenvalue weighted by Crippen LogP contribution is -2.25. The SMILES string of the molecule is O=C(NCCSCc1c(F)cccc1Cl)c1cccc([N+](=O)[O-])c1. The van der Waals surface area contributed by atoms with Crippen LogP contribution in [0.15, 0.2) is 42.5 Å². The molecule has 0 spiro atoms. The minimum atomic E-state index is -0.551. The smallest absolute Gasteiger partial charge is 0.270 e. The zero-order valence-corrected chi connectivity index (χ0v) is 14.1. The zero-order chi connectivity index (χ0) is 17.5. The van der Waals surface area contributed by atoms with Crippen LogP contribution in [-0.2, 0) is 5.75 Å². The van der Waals surface area contributed by atoms with Gasteiger partial charge in [0.05, 0.1) is 4.92 Å². The second kappa shape index (κ2) is 8.65. The fraction of sp³-hybridized carbons (Fsp3) is 0.188. The summed E-state index contributed by atoms with van der Waals surface area (Å²) in [4.78, 5) is 22.1. The lowest BCUT2D eigenvalue weighted by Gasteiger charge is -2.07. The Morgan fingerprint density at radius 1 is 1.29 bits per heavy atom. The van der Waals surface area contributed by atoms with Gasteiger partial charge < -0.3 is 5.32 Å². The number of nitrogens with zero attached hydrogens (tertiary/aromatic N) is 1. The van der Waals surface area contributed by atoms with Crippen molar-refractivity contribution in [3.8, 4) is 0 Å². The van der Waals surface area contributed by atoms with Gasteiger partial charge in [0.25, 0.3) is 11.6 Å². The Labute approximate surface area is 147 Å². The van der Waals surface area contributed by atoms with Gasteiger partial charge in [-0.25, -0.2) is 4.39 Å². The van der Waals surface area contributed by atoms with Gasteiger partial charge in [0.1, 0.15) is 5.82 Å². The van der Waals surface area contributed by atoms with Crippen molar-refractivity contribution in [2.45, 2.75) is 5.75 Å². The standard InChI is InChI=1S/C16H14ClFN2O3S/c17-14-5-2-6-15(18)13(14)10-24-8-7-19-16(21)11-3-1-4-12(9-11)20(22)23/h1-6,9H,7-8,10H2,(H,19,21). The van der Waals surface area contributed by atoms with Crippen LogP contribution in [0, 0.1) is 15.9 Å². The second-order valence-electron chi connectivity index (χ2n) is 4.82. The van der Waals surface area contributed by atoms with E-state index in [-0.39, 0.29) is 23.0 Å². The van der Waals surface area contributed by atoms with Crippen molar-refractivity contribution in [1.82, 2.24) is 5.32 Å². The number of nitro benzene ring substituents is 1. The molecule has 0 aliphatic heterocycles. The number of hydrogen-bond donors (Lipinski definition) is 1. The number of thioether (sulfide) groups is 1. The van der Waals surface area contributed by atoms with E-state index in [2.05, 4.69) is 5.32 Å². The summed E-state index contributed by atoms with van der Waals surface area (Å²) < 4.78 is 13.6. The highest BCUT2D eigenvalue weighted by Gasteiger charge is 2.11. The van der Waals surface area contributed by atoms with Gasteiger partial charge in [-0.2, -0.15) is 11.8 Å². The van der Waals surface area contributed by atoms with Gasteiger partial charge in [-0.3, -0.25) is 14.9 Å². The highest BCUT2D eigenvalue weighted by atomic mass is 35.5. The molecule has 1 amide bonds. The molecule has 8 heteroatoms. The number of hydrogen-bond acceptors (Lipinski definition) is 4. The lowest BCUT2D eigenvalue weighted by molar-refractivity contribution is -0.384. The van der Waals surface area contributed by atoms with E-state index in [0.717, 1.165) is 0 Å². The molecule has 2 rings (SSSR count). The molecule has 0 saturated heterocycles. The molecule has 0 radical (unpaired) electrons. The van der Waals surface area contributed by atoms with Gasteiger partial charge in [-0.05, 0) is 18.2 Å². The Hall–Kier alpha value is -2.12. The molecule has 2 aromatic carbocycles. The Bertz CT molecular complexity index is 738. The first-order valence-corrected chi connectivity index (χ1v) is 8.55. The van der Waals surface area contributed by atoms with Crippen LogP contribution in [0.2, 0.25) is 5.02 Å². The molecule has 0 aliphatic carbocycles. The quantitative estimate of drug-likeness (QED) is 0.454. The maximum absolute atomic E-state index is 13.6. The summed E-state index contributed by atoms with van der Waals surface area (Å²) in [6, 6.07) is 10.0. The number of halogens is 2. The second-order valence-corrected chi connectivity index (χ2v) is 6.33. The monoisotopic (exact) mass is 368 g/mol. The van der Waals surface area contributed by atoms with Crippen molar-refractivity contribution >= 4 is 35.0 Å². The first-order valence-electron chi connectivity index (χ1n) is 7.02. The van der Waals surface area contributed by atoms with Crippen LogP contribution < -0.4 is 5.32 Å². The van der Waals surface area contributed by atoms with E-state index < -0.39 is 4.92 Å². The number of amides is 1. The fourth-order valence-electron chi connectivity index (χ4n) is 1.94. The highest BCUT2D eigenvalue weighted by Crippen LogP contribution is 2.23. The Morgan fingerprint density at radius 2 is 2.04 bits per heavy atom. The third-order valence-electron chi connectivity index (χ3n) is 3.16. The van der Waals surface area contributed by atoms with E-state index >= 15 is 0 Å². The number of nitro groups is 1. The fourth-order valence-corrected chi connectivity index (χ4v) is 3.14. The molecule has 5 nitrogen and oxygen atoms in total. The zero-order valence-electron chi connectivity index (χ0n) is 12.5. The first kappa shape index (κ1) is 18.2. The molecule has 0 aliphatic rings. The minimum Gasteiger partial charge on any atom is -0.351 e. The van der Waals surface area contributed by atoms with Gasteiger partial charge >= 0.3 is 0 Å². The molecule has 0 atom stereocenters. The van der Waals surface area contributed by atoms with Crippen LogP contribution >= 0.6 is 23.4 Å². The van der Waals surface area contributed by atoms with E-state index in [0.29, 0.717) is 28.6 Å². The van der Waals surface area contributed by atoms with E-state index in [1.54, 1.807) is 12.1 Å². The van der Waals surface area contributed by atoms with E-state index in [4.69, 9.17) is 11.6 Å². The van der Waals surface area contributed by atoms with Crippen molar-refractivity contribution in [3.63, 3.8) is 0 Å². The normalized spacial score (nSPS) is 10.4. The average molecular weight is 369 g/mol. The average Bonchev–Trinajstić information content (AvgIpc) is 2.56. The van der Waals surface area contributed by atoms with Crippen LogP contribution in [0.1, 0.15) is 15.9 Å². The molecular weight excluding hydrogens is 355 g/mol. The predicted octanol–water partition coefficient (Wildman–Crippen LogP) is 4.05. The topological polar surface area (TPSA) is 72.2 Å². The lowest BCUT2D eigenvalue weighted by atomic mass is 10.2. The Morgan fingerprint density at radius 3 is 2.75 bits per heavy atom. The van der Waals surface area contributed by atoms with Crippen LogP contribution in [-0.4, -0.2) is 23.1 Å². The van der Waals surface area contributed by atoms with Crippen LogP contribution in [0.4, 0.5) is 10.1 Å². The van der Waals surface area contributed by atoms with Crippen molar-refractivity contribution < 1.29 is 14.1 Å². The molecule has 24 heavy (non-hydrogen) atoms.